The number of aryl methyl sites for hydroxylation is 1. The Morgan fingerprint density at radius 3 is 2.69 bits per heavy atom. The molecular formula is C12H15N. The molecule has 1 aromatic carbocycles. The van der Waals surface area contributed by atoms with Crippen LogP contribution in [-0.4, -0.2) is 6.04 Å². The Balaban J connectivity index is 2.83. The molecule has 0 aromatic heterocycles. The molecule has 0 bridgehead atoms. The number of hydrogen-bond donors (Lipinski definition) is 1. The highest BCUT2D eigenvalue weighted by Gasteiger charge is 1.92. The van der Waals surface area contributed by atoms with Crippen LogP contribution in [0.1, 0.15) is 24.5 Å². The van der Waals surface area contributed by atoms with E-state index in [2.05, 4.69) is 24.8 Å². The zero-order valence-corrected chi connectivity index (χ0v) is 8.17. The highest BCUT2D eigenvalue weighted by Crippen LogP contribution is 2.04. The molecule has 0 saturated heterocycles. The van der Waals surface area contributed by atoms with E-state index in [9.17, 15) is 0 Å². The van der Waals surface area contributed by atoms with E-state index in [1.807, 2.05) is 25.1 Å². The van der Waals surface area contributed by atoms with Crippen molar-refractivity contribution >= 4 is 0 Å². The van der Waals surface area contributed by atoms with Crippen LogP contribution in [0.3, 0.4) is 0 Å². The van der Waals surface area contributed by atoms with Gasteiger partial charge in [-0.1, -0.05) is 37.0 Å². The molecule has 0 amide bonds. The lowest BCUT2D eigenvalue weighted by atomic mass is 10.1. The van der Waals surface area contributed by atoms with E-state index in [0.717, 1.165) is 12.0 Å². The molecule has 1 nitrogen and oxygen atoms in total. The van der Waals surface area contributed by atoms with Gasteiger partial charge in [0.2, 0.25) is 0 Å². The summed E-state index contributed by atoms with van der Waals surface area (Å²) in [5, 5.41) is 0. The molecule has 0 heterocycles. The lowest BCUT2D eigenvalue weighted by Crippen LogP contribution is -2.15. The van der Waals surface area contributed by atoms with Crippen molar-refractivity contribution in [1.82, 2.24) is 0 Å². The summed E-state index contributed by atoms with van der Waals surface area (Å²) in [6, 6.07) is 8.08. The number of rotatable bonds is 1. The van der Waals surface area contributed by atoms with Crippen LogP contribution < -0.4 is 5.73 Å². The summed E-state index contributed by atoms with van der Waals surface area (Å²) in [5.41, 5.74) is 7.98. The first kappa shape index (κ1) is 9.83. The SMILES string of the molecule is CCC(N)C#Cc1ccccc1C. The molecule has 0 fully saturated rings. The molecule has 0 saturated carbocycles. The van der Waals surface area contributed by atoms with Gasteiger partial charge in [-0.15, -0.1) is 0 Å². The van der Waals surface area contributed by atoms with Crippen LogP contribution in [0.2, 0.25) is 0 Å². The van der Waals surface area contributed by atoms with Crippen molar-refractivity contribution < 1.29 is 0 Å². The smallest absolute Gasteiger partial charge is 0.0665 e. The van der Waals surface area contributed by atoms with Gasteiger partial charge in [0.05, 0.1) is 6.04 Å². The van der Waals surface area contributed by atoms with Crippen molar-refractivity contribution in [2.24, 2.45) is 5.73 Å². The van der Waals surface area contributed by atoms with E-state index in [-0.39, 0.29) is 6.04 Å². The highest BCUT2D eigenvalue weighted by atomic mass is 14.6. The van der Waals surface area contributed by atoms with Gasteiger partial charge in [0.1, 0.15) is 0 Å². The predicted molar refractivity (Wildman–Crippen MR) is 56.3 cm³/mol. The maximum Gasteiger partial charge on any atom is 0.0665 e. The van der Waals surface area contributed by atoms with Gasteiger partial charge in [0.15, 0.2) is 0 Å². The minimum atomic E-state index is -0.000365. The standard InChI is InChI=1S/C12H15N/c1-3-12(13)9-8-11-7-5-4-6-10(11)2/h4-7,12H,3,13H2,1-2H3. The van der Waals surface area contributed by atoms with Crippen LogP contribution in [0.5, 0.6) is 0 Å². The molecule has 0 spiro atoms. The van der Waals surface area contributed by atoms with Crippen LogP contribution in [0.25, 0.3) is 0 Å². The summed E-state index contributed by atoms with van der Waals surface area (Å²) in [5.74, 6) is 6.11. The fourth-order valence-corrected chi connectivity index (χ4v) is 0.986. The van der Waals surface area contributed by atoms with E-state index in [0.29, 0.717) is 0 Å². The normalized spacial score (nSPS) is 11.6. The van der Waals surface area contributed by atoms with Crippen LogP contribution >= 0.6 is 0 Å². The monoisotopic (exact) mass is 173 g/mol. The third-order valence-electron chi connectivity index (χ3n) is 1.98. The molecule has 1 unspecified atom stereocenters. The van der Waals surface area contributed by atoms with Gasteiger partial charge in [0, 0.05) is 5.56 Å². The first-order valence-corrected chi connectivity index (χ1v) is 4.56. The van der Waals surface area contributed by atoms with Crippen molar-refractivity contribution in [3.63, 3.8) is 0 Å². The molecule has 0 aliphatic heterocycles. The second-order valence-corrected chi connectivity index (χ2v) is 3.10. The summed E-state index contributed by atoms with van der Waals surface area (Å²) in [7, 11) is 0. The lowest BCUT2D eigenvalue weighted by Gasteiger charge is -1.97. The molecule has 1 aromatic rings. The van der Waals surface area contributed by atoms with Crippen molar-refractivity contribution in [1.29, 1.82) is 0 Å². The Morgan fingerprint density at radius 2 is 2.08 bits per heavy atom. The fraction of sp³-hybridized carbons (Fsp3) is 0.333. The minimum Gasteiger partial charge on any atom is -0.318 e. The Hall–Kier alpha value is -1.26. The maximum atomic E-state index is 5.70. The molecule has 68 valence electrons. The average molecular weight is 173 g/mol. The van der Waals surface area contributed by atoms with Gasteiger partial charge in [-0.05, 0) is 25.0 Å². The Labute approximate surface area is 80.0 Å². The molecule has 1 heteroatoms. The second kappa shape index (κ2) is 4.69. The molecule has 0 aliphatic carbocycles. The lowest BCUT2D eigenvalue weighted by molar-refractivity contribution is 0.806. The van der Waals surface area contributed by atoms with Crippen LogP contribution in [0, 0.1) is 18.8 Å². The van der Waals surface area contributed by atoms with Crippen molar-refractivity contribution in [2.75, 3.05) is 0 Å². The summed E-state index contributed by atoms with van der Waals surface area (Å²) >= 11 is 0. The molecule has 1 atom stereocenters. The second-order valence-electron chi connectivity index (χ2n) is 3.10. The topological polar surface area (TPSA) is 26.0 Å². The zero-order chi connectivity index (χ0) is 9.68. The van der Waals surface area contributed by atoms with Gasteiger partial charge in [-0.2, -0.15) is 0 Å². The largest absolute Gasteiger partial charge is 0.318 e. The first-order chi connectivity index (χ1) is 6.24. The molecule has 2 N–H and O–H groups in total. The molecular weight excluding hydrogens is 158 g/mol. The fourth-order valence-electron chi connectivity index (χ4n) is 0.986. The van der Waals surface area contributed by atoms with Gasteiger partial charge in [-0.25, -0.2) is 0 Å². The van der Waals surface area contributed by atoms with E-state index >= 15 is 0 Å². The van der Waals surface area contributed by atoms with Gasteiger partial charge in [0.25, 0.3) is 0 Å². The van der Waals surface area contributed by atoms with E-state index in [1.165, 1.54) is 5.56 Å². The molecule has 13 heavy (non-hydrogen) atoms. The average Bonchev–Trinajstić information content (AvgIpc) is 2.16. The molecule has 0 radical (unpaired) electrons. The number of benzene rings is 1. The molecule has 1 rings (SSSR count). The zero-order valence-electron chi connectivity index (χ0n) is 8.17. The summed E-state index contributed by atoms with van der Waals surface area (Å²) in [6.45, 7) is 4.10. The predicted octanol–water partition coefficient (Wildman–Crippen LogP) is 2.08. The summed E-state index contributed by atoms with van der Waals surface area (Å²) < 4.78 is 0. The van der Waals surface area contributed by atoms with Crippen LogP contribution in [0.15, 0.2) is 24.3 Å². The molecule has 0 aliphatic rings. The Morgan fingerprint density at radius 1 is 1.38 bits per heavy atom. The summed E-state index contributed by atoms with van der Waals surface area (Å²) in [6.07, 6.45) is 0.902. The van der Waals surface area contributed by atoms with Gasteiger partial charge in [-0.3, -0.25) is 0 Å². The third-order valence-corrected chi connectivity index (χ3v) is 1.98. The van der Waals surface area contributed by atoms with Gasteiger partial charge < -0.3 is 5.73 Å². The van der Waals surface area contributed by atoms with Crippen molar-refractivity contribution in [2.45, 2.75) is 26.3 Å². The first-order valence-electron chi connectivity index (χ1n) is 4.56. The Kier molecular flexibility index (Phi) is 3.54. The minimum absolute atomic E-state index is 0.000365. The number of hydrogen-bond acceptors (Lipinski definition) is 1. The van der Waals surface area contributed by atoms with E-state index in [1.54, 1.807) is 0 Å². The van der Waals surface area contributed by atoms with Crippen LogP contribution in [0.4, 0.5) is 0 Å². The van der Waals surface area contributed by atoms with Crippen LogP contribution in [-0.2, 0) is 0 Å². The maximum absolute atomic E-state index is 5.70. The van der Waals surface area contributed by atoms with E-state index < -0.39 is 0 Å². The summed E-state index contributed by atoms with van der Waals surface area (Å²) in [4.78, 5) is 0. The van der Waals surface area contributed by atoms with Crippen molar-refractivity contribution in [3.8, 4) is 11.8 Å². The third kappa shape index (κ3) is 2.93. The van der Waals surface area contributed by atoms with E-state index in [4.69, 9.17) is 5.73 Å². The van der Waals surface area contributed by atoms with Gasteiger partial charge >= 0.3 is 0 Å². The highest BCUT2D eigenvalue weighted by molar-refractivity contribution is 5.40. The Bertz CT molecular complexity index is 330. The quantitative estimate of drug-likeness (QED) is 0.646. The van der Waals surface area contributed by atoms with Crippen molar-refractivity contribution in [3.05, 3.63) is 35.4 Å². The number of nitrogens with two attached hydrogens (primary N) is 1.